The van der Waals surface area contributed by atoms with Gasteiger partial charge in [-0.15, -0.1) is 0 Å². The zero-order valence-corrected chi connectivity index (χ0v) is 9.65. The van der Waals surface area contributed by atoms with Gasteiger partial charge in [-0.3, -0.25) is 0 Å². The Morgan fingerprint density at radius 1 is 1.44 bits per heavy atom. The minimum Gasteiger partial charge on any atom is -0.330 e. The van der Waals surface area contributed by atoms with Crippen LogP contribution in [0.15, 0.2) is 6.07 Å². The molecule has 1 unspecified atom stereocenters. The standard InChI is InChI=1S/C10H12ClF3N2/c1-5-3-6(2)16-9(11)8(5)7(4-15)10(12,13)14/h3,7H,4,15H2,1-2H3. The second-order valence-electron chi connectivity index (χ2n) is 3.61. The van der Waals surface area contributed by atoms with Crippen molar-refractivity contribution in [2.24, 2.45) is 5.73 Å². The molecule has 0 saturated heterocycles. The van der Waals surface area contributed by atoms with Gasteiger partial charge in [-0.05, 0) is 25.5 Å². The average Bonchev–Trinajstić information content (AvgIpc) is 2.08. The first-order valence-electron chi connectivity index (χ1n) is 4.67. The van der Waals surface area contributed by atoms with Crippen LogP contribution in [-0.4, -0.2) is 17.7 Å². The molecule has 90 valence electrons. The van der Waals surface area contributed by atoms with Gasteiger partial charge >= 0.3 is 6.18 Å². The molecule has 0 saturated carbocycles. The van der Waals surface area contributed by atoms with E-state index in [1.807, 2.05) is 0 Å². The summed E-state index contributed by atoms with van der Waals surface area (Å²) < 4.78 is 38.1. The van der Waals surface area contributed by atoms with Crippen LogP contribution in [0.5, 0.6) is 0 Å². The van der Waals surface area contributed by atoms with Crippen molar-refractivity contribution in [1.29, 1.82) is 0 Å². The van der Waals surface area contributed by atoms with Crippen LogP contribution in [0.3, 0.4) is 0 Å². The van der Waals surface area contributed by atoms with E-state index in [2.05, 4.69) is 4.98 Å². The monoisotopic (exact) mass is 252 g/mol. The molecule has 0 amide bonds. The summed E-state index contributed by atoms with van der Waals surface area (Å²) in [6.07, 6.45) is -4.40. The molecular weight excluding hydrogens is 241 g/mol. The lowest BCUT2D eigenvalue weighted by molar-refractivity contribution is -0.148. The van der Waals surface area contributed by atoms with Gasteiger partial charge in [-0.1, -0.05) is 11.6 Å². The Hall–Kier alpha value is -0.810. The third-order valence-electron chi connectivity index (χ3n) is 2.33. The first kappa shape index (κ1) is 13.3. The molecule has 0 spiro atoms. The highest BCUT2D eigenvalue weighted by Crippen LogP contribution is 2.38. The Morgan fingerprint density at radius 2 is 2.00 bits per heavy atom. The van der Waals surface area contributed by atoms with Crippen molar-refractivity contribution in [1.82, 2.24) is 4.98 Å². The maximum Gasteiger partial charge on any atom is 0.397 e. The summed E-state index contributed by atoms with van der Waals surface area (Å²) in [5.74, 6) is -1.76. The third kappa shape index (κ3) is 2.65. The highest BCUT2D eigenvalue weighted by atomic mass is 35.5. The molecule has 6 heteroatoms. The summed E-state index contributed by atoms with van der Waals surface area (Å²) in [6.45, 7) is 2.72. The Kier molecular flexibility index (Phi) is 3.80. The smallest absolute Gasteiger partial charge is 0.330 e. The average molecular weight is 253 g/mol. The number of nitrogens with zero attached hydrogens (tertiary/aromatic N) is 1. The molecule has 1 aromatic heterocycles. The molecule has 16 heavy (non-hydrogen) atoms. The largest absolute Gasteiger partial charge is 0.397 e. The Bertz CT molecular complexity index is 367. The van der Waals surface area contributed by atoms with E-state index in [-0.39, 0.29) is 10.7 Å². The summed E-state index contributed by atoms with van der Waals surface area (Å²) >= 11 is 5.75. The summed E-state index contributed by atoms with van der Waals surface area (Å²) in [4.78, 5) is 3.83. The van der Waals surface area contributed by atoms with E-state index < -0.39 is 18.6 Å². The lowest BCUT2D eigenvalue weighted by atomic mass is 9.96. The maximum absolute atomic E-state index is 12.7. The van der Waals surface area contributed by atoms with E-state index in [1.54, 1.807) is 19.9 Å². The fourth-order valence-electron chi connectivity index (χ4n) is 1.63. The van der Waals surface area contributed by atoms with Gasteiger partial charge in [0.05, 0.1) is 5.92 Å². The number of hydrogen-bond donors (Lipinski definition) is 1. The van der Waals surface area contributed by atoms with Gasteiger partial charge in [0.25, 0.3) is 0 Å². The number of rotatable bonds is 2. The SMILES string of the molecule is Cc1cc(C)c(C(CN)C(F)(F)F)c(Cl)n1. The second kappa shape index (κ2) is 4.59. The summed E-state index contributed by atoms with van der Waals surface area (Å²) in [5, 5.41) is -0.120. The van der Waals surface area contributed by atoms with Crippen LogP contribution in [0.1, 0.15) is 22.7 Å². The molecule has 0 aliphatic heterocycles. The van der Waals surface area contributed by atoms with Crippen LogP contribution in [0.2, 0.25) is 5.15 Å². The lowest BCUT2D eigenvalue weighted by Gasteiger charge is -2.21. The Labute approximate surface area is 96.6 Å². The van der Waals surface area contributed by atoms with Crippen LogP contribution >= 0.6 is 11.6 Å². The van der Waals surface area contributed by atoms with Crippen molar-refractivity contribution in [2.75, 3.05) is 6.54 Å². The van der Waals surface area contributed by atoms with Crippen LogP contribution in [0.25, 0.3) is 0 Å². The van der Waals surface area contributed by atoms with Gasteiger partial charge in [0.15, 0.2) is 0 Å². The zero-order chi connectivity index (χ0) is 12.5. The summed E-state index contributed by atoms with van der Waals surface area (Å²) in [7, 11) is 0. The molecule has 0 aliphatic rings. The normalized spacial score (nSPS) is 13.9. The molecule has 0 bridgehead atoms. The number of aryl methyl sites for hydroxylation is 2. The maximum atomic E-state index is 12.7. The van der Waals surface area contributed by atoms with E-state index in [0.29, 0.717) is 11.3 Å². The predicted molar refractivity (Wildman–Crippen MR) is 56.6 cm³/mol. The van der Waals surface area contributed by atoms with Gasteiger partial charge in [-0.2, -0.15) is 13.2 Å². The first-order valence-corrected chi connectivity index (χ1v) is 5.05. The van der Waals surface area contributed by atoms with Gasteiger partial charge < -0.3 is 5.73 Å². The van der Waals surface area contributed by atoms with Crippen molar-refractivity contribution >= 4 is 11.6 Å². The molecule has 0 radical (unpaired) electrons. The minimum atomic E-state index is -4.40. The molecule has 1 heterocycles. The second-order valence-corrected chi connectivity index (χ2v) is 3.97. The quantitative estimate of drug-likeness (QED) is 0.822. The molecule has 1 rings (SSSR count). The van der Waals surface area contributed by atoms with Gasteiger partial charge in [0.1, 0.15) is 5.15 Å². The first-order chi connectivity index (χ1) is 7.27. The number of aromatic nitrogens is 1. The number of alkyl halides is 3. The van der Waals surface area contributed by atoms with E-state index in [0.717, 1.165) is 0 Å². The predicted octanol–water partition coefficient (Wildman–Crippen LogP) is 2.96. The van der Waals surface area contributed by atoms with Gasteiger partial charge in [-0.25, -0.2) is 4.98 Å². The molecule has 0 aromatic carbocycles. The highest BCUT2D eigenvalue weighted by molar-refractivity contribution is 6.30. The molecule has 1 aromatic rings. The van der Waals surface area contributed by atoms with Gasteiger partial charge in [0, 0.05) is 17.8 Å². The number of pyridine rings is 1. The Morgan fingerprint density at radius 3 is 2.38 bits per heavy atom. The van der Waals surface area contributed by atoms with E-state index in [4.69, 9.17) is 17.3 Å². The van der Waals surface area contributed by atoms with E-state index in [9.17, 15) is 13.2 Å². The van der Waals surface area contributed by atoms with Crippen LogP contribution in [-0.2, 0) is 0 Å². The van der Waals surface area contributed by atoms with Crippen LogP contribution in [0, 0.1) is 13.8 Å². The van der Waals surface area contributed by atoms with Crippen LogP contribution in [0.4, 0.5) is 13.2 Å². The molecule has 0 aliphatic carbocycles. The fourth-order valence-corrected chi connectivity index (χ4v) is 2.05. The topological polar surface area (TPSA) is 38.9 Å². The van der Waals surface area contributed by atoms with Crippen molar-refractivity contribution in [3.8, 4) is 0 Å². The zero-order valence-electron chi connectivity index (χ0n) is 8.90. The molecule has 2 N–H and O–H groups in total. The van der Waals surface area contributed by atoms with Gasteiger partial charge in [0.2, 0.25) is 0 Å². The molecule has 0 fully saturated rings. The Balaban J connectivity index is 3.31. The number of hydrogen-bond acceptors (Lipinski definition) is 2. The van der Waals surface area contributed by atoms with Crippen LogP contribution < -0.4 is 5.73 Å². The van der Waals surface area contributed by atoms with Crippen molar-refractivity contribution in [3.05, 3.63) is 28.0 Å². The van der Waals surface area contributed by atoms with E-state index in [1.165, 1.54) is 0 Å². The van der Waals surface area contributed by atoms with Crippen molar-refractivity contribution < 1.29 is 13.2 Å². The fraction of sp³-hybridized carbons (Fsp3) is 0.500. The number of nitrogens with two attached hydrogens (primary N) is 1. The highest BCUT2D eigenvalue weighted by Gasteiger charge is 2.41. The van der Waals surface area contributed by atoms with Crippen molar-refractivity contribution in [3.63, 3.8) is 0 Å². The third-order valence-corrected chi connectivity index (χ3v) is 2.61. The van der Waals surface area contributed by atoms with Crippen molar-refractivity contribution in [2.45, 2.75) is 25.9 Å². The molecule has 1 atom stereocenters. The molecular formula is C10H12ClF3N2. The summed E-state index contributed by atoms with van der Waals surface area (Å²) in [5.41, 5.74) is 6.19. The summed E-state index contributed by atoms with van der Waals surface area (Å²) in [6, 6.07) is 1.57. The van der Waals surface area contributed by atoms with E-state index >= 15 is 0 Å². The minimum absolute atomic E-state index is 0.0257. The number of halogens is 4. The molecule has 2 nitrogen and oxygen atoms in total. The lowest BCUT2D eigenvalue weighted by Crippen LogP contribution is -2.29.